The van der Waals surface area contributed by atoms with Crippen LogP contribution in [0.15, 0.2) is 54.6 Å². The zero-order chi connectivity index (χ0) is 15.0. The van der Waals surface area contributed by atoms with Gasteiger partial charge in [-0.1, -0.05) is 42.5 Å². The molecule has 0 aromatic heterocycles. The summed E-state index contributed by atoms with van der Waals surface area (Å²) in [6.45, 7) is 4.01. The van der Waals surface area contributed by atoms with Crippen LogP contribution in [0.3, 0.4) is 0 Å². The number of alkyl halides is 1. The number of fused-ring (bicyclic) bond motifs is 1. The molecular weight excluding hydrogens is 283 g/mol. The summed E-state index contributed by atoms with van der Waals surface area (Å²) in [5.74, 6) is -0.251. The molecule has 0 saturated carbocycles. The molecule has 0 amide bonds. The molecule has 106 valence electrons. The summed E-state index contributed by atoms with van der Waals surface area (Å²) in [7, 11) is 0. The molecule has 0 radical (unpaired) electrons. The Kier molecular flexibility index (Phi) is 3.69. The van der Waals surface area contributed by atoms with Crippen molar-refractivity contribution in [1.82, 2.24) is 0 Å². The summed E-state index contributed by atoms with van der Waals surface area (Å²) in [6.07, 6.45) is 0. The smallest absolute Gasteiger partial charge is 0.123 e. The molecule has 3 aromatic carbocycles. The van der Waals surface area contributed by atoms with Crippen molar-refractivity contribution >= 4 is 22.4 Å². The molecule has 0 aliphatic carbocycles. The average molecular weight is 299 g/mol. The molecule has 0 aliphatic heterocycles. The highest BCUT2D eigenvalue weighted by Gasteiger charge is 2.18. The topological polar surface area (TPSA) is 0 Å². The highest BCUT2D eigenvalue weighted by atomic mass is 35.5. The van der Waals surface area contributed by atoms with Gasteiger partial charge in [-0.25, -0.2) is 4.39 Å². The highest BCUT2D eigenvalue weighted by Crippen LogP contribution is 2.37. The lowest BCUT2D eigenvalue weighted by atomic mass is 9.92. The maximum atomic E-state index is 13.6. The van der Waals surface area contributed by atoms with Gasteiger partial charge in [0.05, 0.1) is 5.38 Å². The van der Waals surface area contributed by atoms with E-state index in [9.17, 15) is 4.39 Å². The third-order valence-corrected chi connectivity index (χ3v) is 4.41. The van der Waals surface area contributed by atoms with Crippen LogP contribution >= 0.6 is 11.6 Å². The zero-order valence-corrected chi connectivity index (χ0v) is 12.8. The normalized spacial score (nSPS) is 12.6. The Bertz CT molecular complexity index is 808. The van der Waals surface area contributed by atoms with Gasteiger partial charge < -0.3 is 0 Å². The molecule has 3 aromatic rings. The molecule has 0 aliphatic rings. The van der Waals surface area contributed by atoms with Crippen molar-refractivity contribution in [3.05, 3.63) is 82.7 Å². The van der Waals surface area contributed by atoms with E-state index in [0.29, 0.717) is 0 Å². The third kappa shape index (κ3) is 2.54. The maximum absolute atomic E-state index is 13.6. The van der Waals surface area contributed by atoms with Crippen molar-refractivity contribution in [2.24, 2.45) is 0 Å². The molecule has 0 spiro atoms. The van der Waals surface area contributed by atoms with Crippen LogP contribution in [0.4, 0.5) is 4.39 Å². The average Bonchev–Trinajstić information content (AvgIpc) is 2.49. The predicted molar refractivity (Wildman–Crippen MR) is 87.5 cm³/mol. The summed E-state index contributed by atoms with van der Waals surface area (Å²) in [5.41, 5.74) is 4.01. The number of hydrogen-bond acceptors (Lipinski definition) is 0. The number of benzene rings is 3. The summed E-state index contributed by atoms with van der Waals surface area (Å²) >= 11 is 6.73. The zero-order valence-electron chi connectivity index (χ0n) is 12.0. The fourth-order valence-electron chi connectivity index (χ4n) is 2.78. The second-order valence-electron chi connectivity index (χ2n) is 5.38. The first-order chi connectivity index (χ1) is 10.1. The Labute approximate surface area is 129 Å². The van der Waals surface area contributed by atoms with E-state index in [0.717, 1.165) is 33.0 Å². The molecule has 0 N–H and O–H groups in total. The van der Waals surface area contributed by atoms with Crippen LogP contribution in [0.2, 0.25) is 0 Å². The van der Waals surface area contributed by atoms with Crippen molar-refractivity contribution < 1.29 is 4.39 Å². The first-order valence-electron chi connectivity index (χ1n) is 6.96. The van der Waals surface area contributed by atoms with E-state index in [1.807, 2.05) is 26.0 Å². The van der Waals surface area contributed by atoms with Crippen molar-refractivity contribution in [2.45, 2.75) is 19.2 Å². The lowest BCUT2D eigenvalue weighted by Gasteiger charge is -2.18. The molecule has 0 bridgehead atoms. The Morgan fingerprint density at radius 1 is 0.905 bits per heavy atom. The van der Waals surface area contributed by atoms with Gasteiger partial charge in [0, 0.05) is 0 Å². The van der Waals surface area contributed by atoms with E-state index in [1.165, 1.54) is 12.1 Å². The summed E-state index contributed by atoms with van der Waals surface area (Å²) in [6, 6.07) is 17.1. The second-order valence-corrected chi connectivity index (χ2v) is 5.82. The van der Waals surface area contributed by atoms with Crippen molar-refractivity contribution in [2.75, 3.05) is 0 Å². The standard InChI is InChI=1S/C19H16ClF/c1-12-8-10-15(21)11-17(12)19(20)18-13(2)7-9-14-5-3-4-6-16(14)18/h3-11,19H,1-2H3. The Hall–Kier alpha value is -1.86. The van der Waals surface area contributed by atoms with Crippen LogP contribution in [0.1, 0.15) is 27.6 Å². The minimum atomic E-state index is -0.355. The molecular formula is C19H16ClF. The van der Waals surface area contributed by atoms with E-state index < -0.39 is 0 Å². The Balaban J connectivity index is 2.24. The second kappa shape index (κ2) is 5.50. The number of halogens is 2. The first-order valence-corrected chi connectivity index (χ1v) is 7.40. The van der Waals surface area contributed by atoms with Crippen LogP contribution in [0.5, 0.6) is 0 Å². The van der Waals surface area contributed by atoms with Gasteiger partial charge in [0.25, 0.3) is 0 Å². The van der Waals surface area contributed by atoms with Crippen LogP contribution in [0.25, 0.3) is 10.8 Å². The largest absolute Gasteiger partial charge is 0.207 e. The summed E-state index contributed by atoms with van der Waals surface area (Å²) < 4.78 is 13.6. The molecule has 21 heavy (non-hydrogen) atoms. The Morgan fingerprint density at radius 3 is 2.43 bits per heavy atom. The minimum Gasteiger partial charge on any atom is -0.207 e. The van der Waals surface area contributed by atoms with Gasteiger partial charge in [-0.2, -0.15) is 0 Å². The fourth-order valence-corrected chi connectivity index (χ4v) is 3.31. The third-order valence-electron chi connectivity index (χ3n) is 3.96. The van der Waals surface area contributed by atoms with Crippen LogP contribution in [-0.4, -0.2) is 0 Å². The quantitative estimate of drug-likeness (QED) is 0.515. The van der Waals surface area contributed by atoms with Gasteiger partial charge >= 0.3 is 0 Å². The summed E-state index contributed by atoms with van der Waals surface area (Å²) in [4.78, 5) is 0. The van der Waals surface area contributed by atoms with Crippen LogP contribution in [0, 0.1) is 19.7 Å². The molecule has 0 saturated heterocycles. The molecule has 3 rings (SSSR count). The van der Waals surface area contributed by atoms with Gasteiger partial charge in [-0.05, 0) is 59.0 Å². The van der Waals surface area contributed by atoms with Gasteiger partial charge in [-0.3, -0.25) is 0 Å². The van der Waals surface area contributed by atoms with Crippen molar-refractivity contribution in [3.8, 4) is 0 Å². The first kappa shape index (κ1) is 14.1. The molecule has 0 nitrogen and oxygen atoms in total. The van der Waals surface area contributed by atoms with E-state index in [-0.39, 0.29) is 11.2 Å². The van der Waals surface area contributed by atoms with Gasteiger partial charge in [0.15, 0.2) is 0 Å². The van der Waals surface area contributed by atoms with Gasteiger partial charge in [0.2, 0.25) is 0 Å². The van der Waals surface area contributed by atoms with Crippen LogP contribution < -0.4 is 0 Å². The van der Waals surface area contributed by atoms with Crippen molar-refractivity contribution in [1.29, 1.82) is 0 Å². The number of rotatable bonds is 2. The predicted octanol–water partition coefficient (Wildman–Crippen LogP) is 5.92. The summed E-state index contributed by atoms with van der Waals surface area (Å²) in [5, 5.41) is 1.92. The lowest BCUT2D eigenvalue weighted by molar-refractivity contribution is 0.625. The Morgan fingerprint density at radius 2 is 1.62 bits per heavy atom. The molecule has 1 unspecified atom stereocenters. The highest BCUT2D eigenvalue weighted by molar-refractivity contribution is 6.24. The van der Waals surface area contributed by atoms with E-state index in [4.69, 9.17) is 11.6 Å². The molecule has 2 heteroatoms. The van der Waals surface area contributed by atoms with E-state index >= 15 is 0 Å². The molecule has 1 atom stereocenters. The molecule has 0 fully saturated rings. The fraction of sp³-hybridized carbons (Fsp3) is 0.158. The lowest BCUT2D eigenvalue weighted by Crippen LogP contribution is -2.01. The van der Waals surface area contributed by atoms with Crippen molar-refractivity contribution in [3.63, 3.8) is 0 Å². The minimum absolute atomic E-state index is 0.251. The van der Waals surface area contributed by atoms with Gasteiger partial charge in [0.1, 0.15) is 5.82 Å². The van der Waals surface area contributed by atoms with Gasteiger partial charge in [-0.15, -0.1) is 11.6 Å². The van der Waals surface area contributed by atoms with E-state index in [2.05, 4.69) is 24.3 Å². The SMILES string of the molecule is Cc1ccc(F)cc1C(Cl)c1c(C)ccc2ccccc12. The number of hydrogen-bond donors (Lipinski definition) is 0. The molecule has 0 heterocycles. The monoisotopic (exact) mass is 298 g/mol. The van der Waals surface area contributed by atoms with E-state index in [1.54, 1.807) is 6.07 Å². The maximum Gasteiger partial charge on any atom is 0.123 e. The number of aryl methyl sites for hydroxylation is 2. The van der Waals surface area contributed by atoms with Crippen LogP contribution in [-0.2, 0) is 0 Å².